The summed E-state index contributed by atoms with van der Waals surface area (Å²) < 4.78 is 0. The van der Waals surface area contributed by atoms with Gasteiger partial charge >= 0.3 is 0 Å². The van der Waals surface area contributed by atoms with Crippen molar-refractivity contribution < 1.29 is 9.94 Å². The summed E-state index contributed by atoms with van der Waals surface area (Å²) in [6.07, 6.45) is 5.30. The molecule has 3 N–H and O–H groups in total. The molecule has 1 aliphatic carbocycles. The summed E-state index contributed by atoms with van der Waals surface area (Å²) in [7, 11) is 0. The molecule has 1 aliphatic rings. The van der Waals surface area contributed by atoms with E-state index in [4.69, 9.17) is 5.90 Å². The lowest BCUT2D eigenvalue weighted by molar-refractivity contribution is 0.141. The largest absolute Gasteiger partial charge is 0.508 e. The second-order valence-electron chi connectivity index (χ2n) is 4.03. The highest BCUT2D eigenvalue weighted by Gasteiger charge is 2.16. The van der Waals surface area contributed by atoms with Crippen molar-refractivity contribution in [2.24, 2.45) is 5.90 Å². The molecule has 0 atom stereocenters. The second kappa shape index (κ2) is 4.64. The molecule has 0 bridgehead atoms. The molecule has 3 nitrogen and oxygen atoms in total. The number of nitrogens with two attached hydrogens (primary N) is 1. The summed E-state index contributed by atoms with van der Waals surface area (Å²) in [5, 5.41) is 9.75. The monoisotopic (exact) mass is 207 g/mol. The Morgan fingerprint density at radius 2 is 1.93 bits per heavy atom. The fraction of sp³-hybridized carbons (Fsp3) is 0.500. The van der Waals surface area contributed by atoms with Crippen molar-refractivity contribution in [3.05, 3.63) is 28.8 Å². The van der Waals surface area contributed by atoms with Crippen LogP contribution in [0.3, 0.4) is 0 Å². The zero-order chi connectivity index (χ0) is 10.7. The van der Waals surface area contributed by atoms with Gasteiger partial charge in [-0.05, 0) is 54.9 Å². The molecule has 82 valence electrons. The third kappa shape index (κ3) is 2.13. The number of phenolic OH excluding ortho intramolecular Hbond substituents is 1. The Kier molecular flexibility index (Phi) is 3.23. The van der Waals surface area contributed by atoms with Crippen LogP contribution in [0.4, 0.5) is 0 Å². The van der Waals surface area contributed by atoms with Gasteiger partial charge < -0.3 is 9.94 Å². The van der Waals surface area contributed by atoms with Crippen LogP contribution < -0.4 is 5.90 Å². The maximum Gasteiger partial charge on any atom is 0.119 e. The summed E-state index contributed by atoms with van der Waals surface area (Å²) >= 11 is 0. The zero-order valence-electron chi connectivity index (χ0n) is 8.83. The highest BCUT2D eigenvalue weighted by Crippen LogP contribution is 2.31. The van der Waals surface area contributed by atoms with Gasteiger partial charge in [-0.3, -0.25) is 0 Å². The quantitative estimate of drug-likeness (QED) is 0.742. The number of rotatable bonds is 3. The molecule has 2 rings (SSSR count). The normalized spacial score (nSPS) is 15.0. The van der Waals surface area contributed by atoms with Crippen LogP contribution in [-0.4, -0.2) is 11.7 Å². The zero-order valence-corrected chi connectivity index (χ0v) is 8.83. The first kappa shape index (κ1) is 10.5. The SMILES string of the molecule is NOCCc1ccc(O)c2c1CCCC2. The maximum atomic E-state index is 9.75. The predicted molar refractivity (Wildman–Crippen MR) is 58.6 cm³/mol. The van der Waals surface area contributed by atoms with Gasteiger partial charge in [-0.25, -0.2) is 5.90 Å². The van der Waals surface area contributed by atoms with Gasteiger partial charge in [0, 0.05) is 0 Å². The first-order valence-corrected chi connectivity index (χ1v) is 5.47. The van der Waals surface area contributed by atoms with Gasteiger partial charge in [-0.15, -0.1) is 0 Å². The van der Waals surface area contributed by atoms with Crippen molar-refractivity contribution in [2.75, 3.05) is 6.61 Å². The van der Waals surface area contributed by atoms with Crippen molar-refractivity contribution >= 4 is 0 Å². The van der Waals surface area contributed by atoms with E-state index in [0.29, 0.717) is 12.4 Å². The summed E-state index contributed by atoms with van der Waals surface area (Å²) in [5.41, 5.74) is 3.72. The third-order valence-corrected chi connectivity index (χ3v) is 3.10. The average molecular weight is 207 g/mol. The van der Waals surface area contributed by atoms with E-state index in [-0.39, 0.29) is 0 Å². The van der Waals surface area contributed by atoms with Gasteiger partial charge in [0.15, 0.2) is 0 Å². The Morgan fingerprint density at radius 1 is 1.20 bits per heavy atom. The highest BCUT2D eigenvalue weighted by atomic mass is 16.6. The predicted octanol–water partition coefficient (Wildman–Crippen LogP) is 1.70. The van der Waals surface area contributed by atoms with Crippen molar-refractivity contribution in [3.8, 4) is 5.75 Å². The Bertz CT molecular complexity index is 350. The van der Waals surface area contributed by atoms with Crippen LogP contribution >= 0.6 is 0 Å². The molecule has 0 aromatic heterocycles. The first-order chi connectivity index (χ1) is 7.33. The molecule has 0 radical (unpaired) electrons. The lowest BCUT2D eigenvalue weighted by atomic mass is 9.87. The lowest BCUT2D eigenvalue weighted by Gasteiger charge is -2.20. The number of fused-ring (bicyclic) bond motifs is 1. The molecule has 0 amide bonds. The minimum Gasteiger partial charge on any atom is -0.508 e. The fourth-order valence-electron chi connectivity index (χ4n) is 2.33. The van der Waals surface area contributed by atoms with E-state index in [1.165, 1.54) is 24.0 Å². The number of aromatic hydroxyl groups is 1. The van der Waals surface area contributed by atoms with E-state index in [0.717, 1.165) is 24.8 Å². The molecule has 1 aromatic rings. The van der Waals surface area contributed by atoms with Crippen molar-refractivity contribution in [1.29, 1.82) is 0 Å². The van der Waals surface area contributed by atoms with E-state index in [9.17, 15) is 5.11 Å². The van der Waals surface area contributed by atoms with Crippen LogP contribution in [0, 0.1) is 0 Å². The molecule has 0 spiro atoms. The fourth-order valence-corrected chi connectivity index (χ4v) is 2.33. The molecule has 0 heterocycles. The highest BCUT2D eigenvalue weighted by molar-refractivity contribution is 5.45. The molecular formula is C12H17NO2. The number of phenols is 1. The molecule has 15 heavy (non-hydrogen) atoms. The van der Waals surface area contributed by atoms with E-state index < -0.39 is 0 Å². The minimum atomic E-state index is 0.446. The molecule has 0 unspecified atom stereocenters. The van der Waals surface area contributed by atoms with E-state index in [1.807, 2.05) is 6.07 Å². The Balaban J connectivity index is 2.30. The van der Waals surface area contributed by atoms with Gasteiger partial charge in [-0.2, -0.15) is 0 Å². The number of hydrogen-bond acceptors (Lipinski definition) is 3. The van der Waals surface area contributed by atoms with E-state index in [1.54, 1.807) is 6.07 Å². The average Bonchev–Trinajstić information content (AvgIpc) is 2.29. The van der Waals surface area contributed by atoms with Crippen molar-refractivity contribution in [3.63, 3.8) is 0 Å². The van der Waals surface area contributed by atoms with Gasteiger partial charge in [0.05, 0.1) is 6.61 Å². The van der Waals surface area contributed by atoms with Gasteiger partial charge in [0.1, 0.15) is 5.75 Å². The Labute approximate surface area is 89.8 Å². The standard InChI is InChI=1S/C12H17NO2/c13-15-8-7-9-5-6-12(14)11-4-2-1-3-10(9)11/h5-6,14H,1-4,7-8,13H2. The van der Waals surface area contributed by atoms with Crippen LogP contribution in [0.5, 0.6) is 5.75 Å². The molecule has 1 aromatic carbocycles. The van der Waals surface area contributed by atoms with E-state index >= 15 is 0 Å². The van der Waals surface area contributed by atoms with Gasteiger partial charge in [-0.1, -0.05) is 6.07 Å². The number of hydrogen-bond donors (Lipinski definition) is 2. The molecule has 0 saturated carbocycles. The molecular weight excluding hydrogens is 190 g/mol. The molecule has 0 aliphatic heterocycles. The summed E-state index contributed by atoms with van der Waals surface area (Å²) in [5.74, 6) is 5.48. The van der Waals surface area contributed by atoms with Crippen molar-refractivity contribution in [1.82, 2.24) is 0 Å². The van der Waals surface area contributed by atoms with Crippen LogP contribution in [-0.2, 0) is 24.1 Å². The Morgan fingerprint density at radius 3 is 2.67 bits per heavy atom. The maximum absolute atomic E-state index is 9.75. The minimum absolute atomic E-state index is 0.446. The number of benzene rings is 1. The third-order valence-electron chi connectivity index (χ3n) is 3.10. The van der Waals surface area contributed by atoms with Gasteiger partial charge in [0.25, 0.3) is 0 Å². The van der Waals surface area contributed by atoms with Gasteiger partial charge in [0.2, 0.25) is 0 Å². The summed E-state index contributed by atoms with van der Waals surface area (Å²) in [4.78, 5) is 4.60. The van der Waals surface area contributed by atoms with Crippen LogP contribution in [0.15, 0.2) is 12.1 Å². The topological polar surface area (TPSA) is 55.5 Å². The van der Waals surface area contributed by atoms with Crippen LogP contribution in [0.2, 0.25) is 0 Å². The smallest absolute Gasteiger partial charge is 0.119 e. The second-order valence-corrected chi connectivity index (χ2v) is 4.03. The van der Waals surface area contributed by atoms with Crippen molar-refractivity contribution in [2.45, 2.75) is 32.1 Å². The lowest BCUT2D eigenvalue weighted by Crippen LogP contribution is -2.10. The van der Waals surface area contributed by atoms with Crippen LogP contribution in [0.25, 0.3) is 0 Å². The van der Waals surface area contributed by atoms with Crippen LogP contribution in [0.1, 0.15) is 29.5 Å². The first-order valence-electron chi connectivity index (χ1n) is 5.47. The molecule has 3 heteroatoms. The summed E-state index contributed by atoms with van der Waals surface area (Å²) in [6.45, 7) is 0.539. The molecule has 0 saturated heterocycles. The summed E-state index contributed by atoms with van der Waals surface area (Å²) in [6, 6.07) is 3.77. The van der Waals surface area contributed by atoms with E-state index in [2.05, 4.69) is 4.84 Å². The molecule has 0 fully saturated rings. The Hall–Kier alpha value is -1.06.